The Morgan fingerprint density at radius 1 is 0.667 bits per heavy atom. The van der Waals surface area contributed by atoms with E-state index in [9.17, 15) is 29.3 Å². The van der Waals surface area contributed by atoms with Gasteiger partial charge < -0.3 is 30.3 Å². The van der Waals surface area contributed by atoms with Gasteiger partial charge in [-0.15, -0.1) is 0 Å². The SMILES string of the molecule is CCCC/C=C\CCCCCCCC(=O)OC[C@H](COP(=O)(O)OCCN)OC(=O)CCCC(O)C(O)C/C=C\C/C=C\C/C=C\CCCCC. The summed E-state index contributed by atoms with van der Waals surface area (Å²) in [7, 11) is -4.45. The van der Waals surface area contributed by atoms with Gasteiger partial charge in [-0.1, -0.05) is 107 Å². The van der Waals surface area contributed by atoms with Crippen molar-refractivity contribution < 1.29 is 47.8 Å². The van der Waals surface area contributed by atoms with Crippen molar-refractivity contribution in [3.63, 3.8) is 0 Å². The number of ether oxygens (including phenoxy) is 2. The predicted molar refractivity (Wildman–Crippen MR) is 204 cm³/mol. The lowest BCUT2D eigenvalue weighted by molar-refractivity contribution is -0.161. The van der Waals surface area contributed by atoms with Crippen LogP contribution in [0.3, 0.4) is 0 Å². The molecule has 12 heteroatoms. The molecule has 51 heavy (non-hydrogen) atoms. The molecule has 0 aliphatic heterocycles. The lowest BCUT2D eigenvalue weighted by atomic mass is 10.0. The van der Waals surface area contributed by atoms with Crippen molar-refractivity contribution in [3.05, 3.63) is 48.6 Å². The number of allylic oxidation sites excluding steroid dienone is 7. The van der Waals surface area contributed by atoms with Crippen molar-refractivity contribution >= 4 is 19.8 Å². The monoisotopic (exact) mass is 743 g/mol. The van der Waals surface area contributed by atoms with E-state index in [1.165, 1.54) is 32.1 Å². The molecule has 3 unspecified atom stereocenters. The van der Waals surface area contributed by atoms with Crippen LogP contribution in [-0.2, 0) is 32.7 Å². The van der Waals surface area contributed by atoms with Crippen LogP contribution < -0.4 is 5.73 Å². The Hall–Kier alpha value is -2.11. The predicted octanol–water partition coefficient (Wildman–Crippen LogP) is 8.32. The van der Waals surface area contributed by atoms with E-state index in [0.717, 1.165) is 57.8 Å². The molecular weight excluding hydrogens is 673 g/mol. The van der Waals surface area contributed by atoms with Gasteiger partial charge in [-0.3, -0.25) is 18.6 Å². The fourth-order valence-corrected chi connectivity index (χ4v) is 5.60. The van der Waals surface area contributed by atoms with Crippen LogP contribution in [0.4, 0.5) is 0 Å². The van der Waals surface area contributed by atoms with Crippen molar-refractivity contribution in [2.24, 2.45) is 5.73 Å². The fourth-order valence-electron chi connectivity index (χ4n) is 4.83. The van der Waals surface area contributed by atoms with Gasteiger partial charge in [0, 0.05) is 19.4 Å². The first-order chi connectivity index (χ1) is 24.6. The second-order valence-electron chi connectivity index (χ2n) is 12.7. The third kappa shape index (κ3) is 33.5. The third-order valence-electron chi connectivity index (χ3n) is 7.89. The van der Waals surface area contributed by atoms with Crippen LogP contribution in [0.25, 0.3) is 0 Å². The lowest BCUT2D eigenvalue weighted by Gasteiger charge is -2.20. The minimum absolute atomic E-state index is 0.00553. The van der Waals surface area contributed by atoms with E-state index in [2.05, 4.69) is 50.3 Å². The Bertz CT molecular complexity index is 1020. The smallest absolute Gasteiger partial charge is 0.462 e. The molecule has 4 atom stereocenters. The zero-order valence-electron chi connectivity index (χ0n) is 31.5. The van der Waals surface area contributed by atoms with Crippen molar-refractivity contribution in [2.45, 2.75) is 161 Å². The number of unbranched alkanes of at least 4 members (excludes halogenated alkanes) is 10. The van der Waals surface area contributed by atoms with Crippen LogP contribution in [0.5, 0.6) is 0 Å². The zero-order chi connectivity index (χ0) is 37.8. The van der Waals surface area contributed by atoms with E-state index in [-0.39, 0.29) is 51.9 Å². The molecule has 0 spiro atoms. The molecule has 0 aromatic rings. The maximum Gasteiger partial charge on any atom is 0.472 e. The van der Waals surface area contributed by atoms with Gasteiger partial charge in [0.2, 0.25) is 0 Å². The maximum absolute atomic E-state index is 12.6. The molecule has 0 saturated heterocycles. The number of hydrogen-bond acceptors (Lipinski definition) is 10. The molecule has 0 fully saturated rings. The average molecular weight is 744 g/mol. The first-order valence-corrected chi connectivity index (χ1v) is 20.8. The Kier molecular flexibility index (Phi) is 33.5. The topological polar surface area (TPSA) is 175 Å². The standard InChI is InChI=1S/C39H70NO10P/c1-3-5-7-9-11-13-15-17-18-20-22-24-27-36(41)37(42)28-26-30-39(44)50-35(34-49-51(45,46)48-32-31-40)33-47-38(43)29-25-23-21-19-16-14-12-10-8-6-4-2/h10-13,17-18,22,24,35-37,41-42H,3-9,14-16,19-21,23,25-34,40H2,1-2H3,(H,45,46)/b12-10-,13-11-,18-17-,24-22-/t35-,36?,37?/m1/s1. The van der Waals surface area contributed by atoms with E-state index >= 15 is 0 Å². The van der Waals surface area contributed by atoms with Gasteiger partial charge in [-0.2, -0.15) is 0 Å². The average Bonchev–Trinajstić information content (AvgIpc) is 3.11. The highest BCUT2D eigenvalue weighted by Crippen LogP contribution is 2.43. The Labute approximate surface area is 308 Å². The van der Waals surface area contributed by atoms with E-state index < -0.39 is 44.7 Å². The molecule has 0 aliphatic rings. The van der Waals surface area contributed by atoms with Gasteiger partial charge in [0.1, 0.15) is 6.61 Å². The van der Waals surface area contributed by atoms with Crippen molar-refractivity contribution in [1.29, 1.82) is 0 Å². The molecule has 5 N–H and O–H groups in total. The maximum atomic E-state index is 12.6. The molecular formula is C39H70NO10P. The molecule has 0 aromatic carbocycles. The summed E-state index contributed by atoms with van der Waals surface area (Å²) in [5.74, 6) is -1.13. The second kappa shape index (κ2) is 34.9. The number of rotatable bonds is 35. The molecule has 11 nitrogen and oxygen atoms in total. The lowest BCUT2D eigenvalue weighted by Crippen LogP contribution is -2.30. The van der Waals surface area contributed by atoms with Gasteiger partial charge in [0.15, 0.2) is 6.10 Å². The summed E-state index contributed by atoms with van der Waals surface area (Å²) in [4.78, 5) is 34.7. The summed E-state index contributed by atoms with van der Waals surface area (Å²) < 4.78 is 32.4. The summed E-state index contributed by atoms with van der Waals surface area (Å²) in [5.41, 5.74) is 5.31. The molecule has 0 saturated carbocycles. The van der Waals surface area contributed by atoms with Gasteiger partial charge in [-0.05, 0) is 70.6 Å². The summed E-state index contributed by atoms with van der Waals surface area (Å²) >= 11 is 0. The van der Waals surface area contributed by atoms with Crippen molar-refractivity contribution in [1.82, 2.24) is 0 Å². The van der Waals surface area contributed by atoms with Crippen LogP contribution in [0, 0.1) is 0 Å². The van der Waals surface area contributed by atoms with Crippen LogP contribution >= 0.6 is 7.82 Å². The number of aliphatic hydroxyl groups is 2. The minimum Gasteiger partial charge on any atom is -0.462 e. The molecule has 0 amide bonds. The van der Waals surface area contributed by atoms with Gasteiger partial charge in [-0.25, -0.2) is 4.57 Å². The molecule has 0 aromatic heterocycles. The van der Waals surface area contributed by atoms with Crippen LogP contribution in [0.1, 0.15) is 142 Å². The molecule has 0 heterocycles. The van der Waals surface area contributed by atoms with Crippen LogP contribution in [0.2, 0.25) is 0 Å². The Morgan fingerprint density at radius 2 is 1.24 bits per heavy atom. The summed E-state index contributed by atoms with van der Waals surface area (Å²) in [6.45, 7) is 3.28. The van der Waals surface area contributed by atoms with E-state index in [1.54, 1.807) is 0 Å². The van der Waals surface area contributed by atoms with Gasteiger partial charge in [0.05, 0.1) is 25.4 Å². The van der Waals surface area contributed by atoms with Crippen LogP contribution in [-0.4, -0.2) is 71.7 Å². The summed E-state index contributed by atoms with van der Waals surface area (Å²) in [6, 6.07) is 0. The number of phosphoric ester groups is 1. The number of nitrogens with two attached hydrogens (primary N) is 1. The highest BCUT2D eigenvalue weighted by molar-refractivity contribution is 7.47. The summed E-state index contributed by atoms with van der Waals surface area (Å²) in [5, 5.41) is 20.6. The zero-order valence-corrected chi connectivity index (χ0v) is 32.4. The number of carbonyl (C=O) groups excluding carboxylic acids is 2. The fraction of sp³-hybridized carbons (Fsp3) is 0.744. The highest BCUT2D eigenvalue weighted by Gasteiger charge is 2.26. The molecule has 0 bridgehead atoms. The highest BCUT2D eigenvalue weighted by atomic mass is 31.2. The van der Waals surface area contributed by atoms with Crippen molar-refractivity contribution in [2.75, 3.05) is 26.4 Å². The van der Waals surface area contributed by atoms with E-state index in [1.807, 2.05) is 12.2 Å². The second-order valence-corrected chi connectivity index (χ2v) is 14.2. The number of esters is 2. The number of phosphoric acid groups is 1. The first-order valence-electron chi connectivity index (χ1n) is 19.3. The molecule has 0 rings (SSSR count). The number of hydrogen-bond donors (Lipinski definition) is 4. The van der Waals surface area contributed by atoms with Crippen LogP contribution in [0.15, 0.2) is 48.6 Å². The normalized spacial score (nSPS) is 15.2. The summed E-state index contributed by atoms with van der Waals surface area (Å²) in [6.07, 6.45) is 30.4. The van der Waals surface area contributed by atoms with E-state index in [0.29, 0.717) is 6.42 Å². The third-order valence-corrected chi connectivity index (χ3v) is 8.87. The number of aliphatic hydroxyl groups excluding tert-OH is 2. The minimum atomic E-state index is -4.45. The number of carbonyl (C=O) groups is 2. The van der Waals surface area contributed by atoms with Gasteiger partial charge in [0.25, 0.3) is 0 Å². The molecule has 0 aliphatic carbocycles. The Morgan fingerprint density at radius 3 is 1.92 bits per heavy atom. The first kappa shape index (κ1) is 48.9. The van der Waals surface area contributed by atoms with Gasteiger partial charge >= 0.3 is 19.8 Å². The quantitative estimate of drug-likeness (QED) is 0.0213. The van der Waals surface area contributed by atoms with E-state index in [4.69, 9.17) is 24.3 Å². The molecule has 296 valence electrons. The Balaban J connectivity index is 4.51. The van der Waals surface area contributed by atoms with Crippen molar-refractivity contribution in [3.8, 4) is 0 Å². The largest absolute Gasteiger partial charge is 0.472 e. The molecule has 0 radical (unpaired) electrons.